The molecule has 1 aliphatic heterocycles. The molecule has 0 bridgehead atoms. The normalized spacial score (nSPS) is 14.2. The van der Waals surface area contributed by atoms with E-state index in [0.29, 0.717) is 73.4 Å². The van der Waals surface area contributed by atoms with E-state index in [4.69, 9.17) is 23.7 Å². The van der Waals surface area contributed by atoms with Crippen molar-refractivity contribution in [2.45, 2.75) is 33.7 Å². The highest BCUT2D eigenvalue weighted by Gasteiger charge is 2.34. The number of rotatable bonds is 14. The van der Waals surface area contributed by atoms with Crippen LogP contribution in [-0.2, 0) is 19.1 Å². The van der Waals surface area contributed by atoms with Crippen LogP contribution in [0, 0.1) is 0 Å². The Morgan fingerprint density at radius 2 is 1.76 bits per heavy atom. The van der Waals surface area contributed by atoms with E-state index in [1.165, 1.54) is 23.0 Å². The van der Waals surface area contributed by atoms with E-state index >= 15 is 0 Å². The van der Waals surface area contributed by atoms with Crippen LogP contribution in [-0.4, -0.2) is 56.6 Å². The highest BCUT2D eigenvalue weighted by Crippen LogP contribution is 2.38. The SMILES string of the molecule is C=CCOc1c(Br)cc(/C=c2/sc3n(c2=O)[C@H](c2ccc(OCC(=O)OC)c(OCC)c2)C(C(=O)OCC)=C(C)N=3)cc1OCC. The summed E-state index contributed by atoms with van der Waals surface area (Å²) in [5, 5.41) is 0. The Bertz CT molecular complexity index is 1840. The Balaban J connectivity index is 1.89. The lowest BCUT2D eigenvalue weighted by atomic mass is 9.95. The molecule has 0 radical (unpaired) electrons. The minimum atomic E-state index is -0.883. The van der Waals surface area contributed by atoms with Crippen LogP contribution in [0.5, 0.6) is 23.0 Å². The van der Waals surface area contributed by atoms with Crippen LogP contribution in [0.1, 0.15) is 44.9 Å². The van der Waals surface area contributed by atoms with Crippen LogP contribution >= 0.6 is 27.3 Å². The lowest BCUT2D eigenvalue weighted by Crippen LogP contribution is -2.40. The number of hydrogen-bond acceptors (Lipinski definition) is 11. The Hall–Kier alpha value is -4.36. The second-order valence-corrected chi connectivity index (χ2v) is 11.5. The molecule has 2 aromatic carbocycles. The lowest BCUT2D eigenvalue weighted by molar-refractivity contribution is -0.143. The first-order valence-corrected chi connectivity index (χ1v) is 16.1. The maximum Gasteiger partial charge on any atom is 0.343 e. The number of allylic oxidation sites excluding steroid dienone is 1. The molecule has 0 saturated carbocycles. The standard InChI is InChI=1S/C33H35BrN2O9S/c1-7-13-44-30-22(34)14-20(15-25(30)42-9-3)16-26-31(38)36-29(28(32(39)43-10-4)19(5)35-33(36)46-26)21-11-12-23(24(17-21)41-8-2)45-18-27(37)40-6/h7,11-12,14-17,29H,1,8-10,13,18H2,2-6H3/b26-16+/t29-/m1/s1. The van der Waals surface area contributed by atoms with Crippen LogP contribution in [0.4, 0.5) is 0 Å². The molecule has 4 rings (SSSR count). The van der Waals surface area contributed by atoms with Gasteiger partial charge in [-0.05, 0) is 85.1 Å². The van der Waals surface area contributed by atoms with Gasteiger partial charge in [-0.3, -0.25) is 9.36 Å². The summed E-state index contributed by atoms with van der Waals surface area (Å²) in [5.41, 5.74) is 1.54. The molecule has 0 amide bonds. The summed E-state index contributed by atoms with van der Waals surface area (Å²) in [5.74, 6) is 0.524. The van der Waals surface area contributed by atoms with Gasteiger partial charge in [-0.1, -0.05) is 30.1 Å². The first-order valence-electron chi connectivity index (χ1n) is 14.5. The molecule has 0 N–H and O–H groups in total. The number of halogens is 1. The fourth-order valence-electron chi connectivity index (χ4n) is 4.75. The van der Waals surface area contributed by atoms with Gasteiger partial charge in [0, 0.05) is 0 Å². The first kappa shape index (κ1) is 34.5. The van der Waals surface area contributed by atoms with Gasteiger partial charge in [0.2, 0.25) is 0 Å². The monoisotopic (exact) mass is 714 g/mol. The smallest absolute Gasteiger partial charge is 0.343 e. The van der Waals surface area contributed by atoms with Gasteiger partial charge in [-0.15, -0.1) is 0 Å². The minimum Gasteiger partial charge on any atom is -0.490 e. The predicted molar refractivity (Wildman–Crippen MR) is 177 cm³/mol. The molecule has 0 unspecified atom stereocenters. The topological polar surface area (TPSA) is 124 Å². The molecule has 1 aromatic heterocycles. The zero-order valence-electron chi connectivity index (χ0n) is 26.2. The van der Waals surface area contributed by atoms with Gasteiger partial charge in [-0.25, -0.2) is 14.6 Å². The molecular formula is C33H35BrN2O9S. The van der Waals surface area contributed by atoms with Gasteiger partial charge in [0.15, 0.2) is 34.4 Å². The number of methoxy groups -OCH3 is 1. The predicted octanol–water partition coefficient (Wildman–Crippen LogP) is 4.47. The van der Waals surface area contributed by atoms with E-state index in [2.05, 4.69) is 32.2 Å². The number of nitrogens with zero attached hydrogens (tertiary/aromatic N) is 2. The van der Waals surface area contributed by atoms with Crippen LogP contribution < -0.4 is 33.8 Å². The fraction of sp³-hybridized carbons (Fsp3) is 0.333. The molecular weight excluding hydrogens is 680 g/mol. The highest BCUT2D eigenvalue weighted by atomic mass is 79.9. The third kappa shape index (κ3) is 7.53. The van der Waals surface area contributed by atoms with Crippen molar-refractivity contribution in [2.75, 3.05) is 40.1 Å². The van der Waals surface area contributed by atoms with Crippen molar-refractivity contribution < 1.29 is 38.0 Å². The Labute approximate surface area is 278 Å². The third-order valence-electron chi connectivity index (χ3n) is 6.65. The van der Waals surface area contributed by atoms with Gasteiger partial charge < -0.3 is 28.4 Å². The van der Waals surface area contributed by atoms with Crippen LogP contribution in [0.2, 0.25) is 0 Å². The molecule has 13 heteroatoms. The molecule has 1 aliphatic rings. The quantitative estimate of drug-likeness (QED) is 0.176. The van der Waals surface area contributed by atoms with Crippen molar-refractivity contribution in [1.29, 1.82) is 0 Å². The molecule has 0 aliphatic carbocycles. The molecule has 3 aromatic rings. The maximum atomic E-state index is 14.1. The Kier molecular flexibility index (Phi) is 11.8. The summed E-state index contributed by atoms with van der Waals surface area (Å²) >= 11 is 4.75. The molecule has 1 atom stereocenters. The molecule has 0 saturated heterocycles. The van der Waals surface area contributed by atoms with E-state index < -0.39 is 18.0 Å². The largest absolute Gasteiger partial charge is 0.490 e. The summed E-state index contributed by atoms with van der Waals surface area (Å²) in [6, 6.07) is 7.75. The Morgan fingerprint density at radius 1 is 1.02 bits per heavy atom. The average Bonchev–Trinajstić information content (AvgIpc) is 3.33. The highest BCUT2D eigenvalue weighted by molar-refractivity contribution is 9.10. The first-order chi connectivity index (χ1) is 22.2. The van der Waals surface area contributed by atoms with Gasteiger partial charge >= 0.3 is 11.9 Å². The van der Waals surface area contributed by atoms with Crippen molar-refractivity contribution in [3.05, 3.63) is 89.5 Å². The summed E-state index contributed by atoms with van der Waals surface area (Å²) in [6.07, 6.45) is 3.38. The number of benzene rings is 2. The third-order valence-corrected chi connectivity index (χ3v) is 8.22. The minimum absolute atomic E-state index is 0.140. The number of aromatic nitrogens is 1. The lowest BCUT2D eigenvalue weighted by Gasteiger charge is -2.25. The van der Waals surface area contributed by atoms with Crippen molar-refractivity contribution in [2.24, 2.45) is 4.99 Å². The molecule has 11 nitrogen and oxygen atoms in total. The second-order valence-electron chi connectivity index (χ2n) is 9.67. The number of ether oxygens (including phenoxy) is 6. The number of esters is 2. The number of hydrogen-bond donors (Lipinski definition) is 0. The van der Waals surface area contributed by atoms with E-state index in [-0.39, 0.29) is 24.3 Å². The molecule has 0 spiro atoms. The Morgan fingerprint density at radius 3 is 2.43 bits per heavy atom. The van der Waals surface area contributed by atoms with Gasteiger partial charge in [0.25, 0.3) is 5.56 Å². The summed E-state index contributed by atoms with van der Waals surface area (Å²) in [6.45, 7) is 11.6. The summed E-state index contributed by atoms with van der Waals surface area (Å²) in [7, 11) is 1.27. The van der Waals surface area contributed by atoms with Gasteiger partial charge in [0.1, 0.15) is 6.61 Å². The van der Waals surface area contributed by atoms with Crippen LogP contribution in [0.3, 0.4) is 0 Å². The van der Waals surface area contributed by atoms with Crippen LogP contribution in [0.25, 0.3) is 6.08 Å². The van der Waals surface area contributed by atoms with E-state index in [9.17, 15) is 14.4 Å². The van der Waals surface area contributed by atoms with Crippen LogP contribution in [0.15, 0.2) is 68.5 Å². The number of thiazole rings is 1. The zero-order valence-corrected chi connectivity index (χ0v) is 28.6. The van der Waals surface area contributed by atoms with E-state index in [1.807, 2.05) is 13.0 Å². The number of fused-ring (bicyclic) bond motifs is 1. The van der Waals surface area contributed by atoms with Crippen molar-refractivity contribution >= 4 is 45.3 Å². The average molecular weight is 716 g/mol. The summed E-state index contributed by atoms with van der Waals surface area (Å²) < 4.78 is 35.7. The van der Waals surface area contributed by atoms with Crippen molar-refractivity contribution in [1.82, 2.24) is 4.57 Å². The van der Waals surface area contributed by atoms with Crippen molar-refractivity contribution in [3.8, 4) is 23.0 Å². The van der Waals surface area contributed by atoms with E-state index in [0.717, 1.165) is 0 Å². The van der Waals surface area contributed by atoms with Gasteiger partial charge in [-0.2, -0.15) is 0 Å². The van der Waals surface area contributed by atoms with Crippen molar-refractivity contribution in [3.63, 3.8) is 0 Å². The second kappa shape index (κ2) is 15.8. The molecule has 244 valence electrons. The van der Waals surface area contributed by atoms with Gasteiger partial charge in [0.05, 0.1) is 53.2 Å². The molecule has 46 heavy (non-hydrogen) atoms. The number of carbonyl (C=O) groups excluding carboxylic acids is 2. The maximum absolute atomic E-state index is 14.1. The number of carbonyl (C=O) groups is 2. The zero-order chi connectivity index (χ0) is 33.4. The summed E-state index contributed by atoms with van der Waals surface area (Å²) in [4.78, 5) is 44.2. The molecule has 2 heterocycles. The van der Waals surface area contributed by atoms with E-state index in [1.54, 1.807) is 57.2 Å². The fourth-order valence-corrected chi connectivity index (χ4v) is 6.37. The molecule has 0 fully saturated rings.